The molecule has 0 spiro atoms. The van der Waals surface area contributed by atoms with E-state index in [1.165, 1.54) is 12.1 Å². The summed E-state index contributed by atoms with van der Waals surface area (Å²) in [6.07, 6.45) is 3.17. The lowest BCUT2D eigenvalue weighted by Crippen LogP contribution is -2.29. The van der Waals surface area contributed by atoms with Crippen LogP contribution in [-0.4, -0.2) is 19.1 Å². The summed E-state index contributed by atoms with van der Waals surface area (Å²) in [6.45, 7) is 2.65. The van der Waals surface area contributed by atoms with Gasteiger partial charge in [0.05, 0.1) is 4.47 Å². The van der Waals surface area contributed by atoms with Crippen molar-refractivity contribution >= 4 is 21.8 Å². The molecule has 0 aliphatic rings. The third kappa shape index (κ3) is 5.49. The molecule has 0 radical (unpaired) electrons. The summed E-state index contributed by atoms with van der Waals surface area (Å²) in [7, 11) is 0. The van der Waals surface area contributed by atoms with E-state index in [0.29, 0.717) is 16.8 Å². The van der Waals surface area contributed by atoms with Gasteiger partial charge in [0.15, 0.2) is 6.61 Å². The number of nitrogens with one attached hydrogen (secondary N) is 1. The lowest BCUT2D eigenvalue weighted by atomic mass is 10.2. The van der Waals surface area contributed by atoms with Crippen molar-refractivity contribution in [1.82, 2.24) is 5.32 Å². The lowest BCUT2D eigenvalue weighted by molar-refractivity contribution is -0.123. The molecule has 0 atom stereocenters. The fourth-order valence-electron chi connectivity index (χ4n) is 1.38. The average molecular weight is 318 g/mol. The number of hydrogen-bond donors (Lipinski definition) is 1. The summed E-state index contributed by atoms with van der Waals surface area (Å²) in [5, 5.41) is 2.75. The molecule has 3 nitrogen and oxygen atoms in total. The van der Waals surface area contributed by atoms with Crippen molar-refractivity contribution in [2.24, 2.45) is 0 Å². The van der Waals surface area contributed by atoms with Crippen molar-refractivity contribution in [3.63, 3.8) is 0 Å². The normalized spacial score (nSPS) is 10.2. The molecule has 18 heavy (non-hydrogen) atoms. The van der Waals surface area contributed by atoms with Gasteiger partial charge in [0, 0.05) is 12.6 Å². The van der Waals surface area contributed by atoms with Gasteiger partial charge in [0.25, 0.3) is 5.91 Å². The monoisotopic (exact) mass is 317 g/mol. The number of ether oxygens (including phenoxy) is 1. The maximum Gasteiger partial charge on any atom is 0.257 e. The maximum atomic E-state index is 13.0. The number of amides is 1. The molecule has 0 unspecified atom stereocenters. The van der Waals surface area contributed by atoms with Crippen LogP contribution in [0.2, 0.25) is 0 Å². The van der Waals surface area contributed by atoms with E-state index in [-0.39, 0.29) is 12.5 Å². The molecule has 0 bridgehead atoms. The summed E-state index contributed by atoms with van der Waals surface area (Å²) in [5.74, 6) is -0.252. The van der Waals surface area contributed by atoms with Crippen molar-refractivity contribution in [2.75, 3.05) is 13.2 Å². The zero-order valence-corrected chi connectivity index (χ0v) is 11.9. The van der Waals surface area contributed by atoms with Gasteiger partial charge >= 0.3 is 0 Å². The minimum atomic E-state index is -0.392. The topological polar surface area (TPSA) is 38.3 Å². The predicted octanol–water partition coefficient (Wildman–Crippen LogP) is 3.27. The highest BCUT2D eigenvalue weighted by molar-refractivity contribution is 9.10. The van der Waals surface area contributed by atoms with Gasteiger partial charge in [-0.3, -0.25) is 4.79 Å². The number of unbranched alkanes of at least 4 members (excludes halogenated alkanes) is 2. The van der Waals surface area contributed by atoms with Crippen LogP contribution in [0, 0.1) is 5.82 Å². The first-order valence-electron chi connectivity index (χ1n) is 5.98. The van der Waals surface area contributed by atoms with Crippen LogP contribution in [0.1, 0.15) is 26.2 Å². The van der Waals surface area contributed by atoms with Crippen LogP contribution in [-0.2, 0) is 4.79 Å². The van der Waals surface area contributed by atoms with Gasteiger partial charge in [-0.25, -0.2) is 4.39 Å². The Hall–Kier alpha value is -1.10. The summed E-state index contributed by atoms with van der Waals surface area (Å²) in [5.41, 5.74) is 0. The van der Waals surface area contributed by atoms with E-state index in [4.69, 9.17) is 4.74 Å². The number of carbonyl (C=O) groups excluding carboxylic acids is 1. The third-order valence-corrected chi connectivity index (χ3v) is 3.01. The van der Waals surface area contributed by atoms with Crippen LogP contribution in [0.15, 0.2) is 22.7 Å². The van der Waals surface area contributed by atoms with Gasteiger partial charge in [-0.1, -0.05) is 19.8 Å². The highest BCUT2D eigenvalue weighted by Crippen LogP contribution is 2.25. The summed E-state index contributed by atoms with van der Waals surface area (Å²) < 4.78 is 18.8. The minimum absolute atomic E-state index is 0.103. The summed E-state index contributed by atoms with van der Waals surface area (Å²) >= 11 is 3.23. The lowest BCUT2D eigenvalue weighted by Gasteiger charge is -2.08. The van der Waals surface area contributed by atoms with Gasteiger partial charge in [0.1, 0.15) is 11.6 Å². The molecule has 0 saturated heterocycles. The molecule has 0 aromatic heterocycles. The first kappa shape index (κ1) is 15.0. The molecule has 1 rings (SSSR count). The van der Waals surface area contributed by atoms with E-state index in [1.54, 1.807) is 6.07 Å². The first-order valence-corrected chi connectivity index (χ1v) is 6.77. The molecule has 0 fully saturated rings. The van der Waals surface area contributed by atoms with E-state index in [1.807, 2.05) is 0 Å². The highest BCUT2D eigenvalue weighted by Gasteiger charge is 2.06. The van der Waals surface area contributed by atoms with Gasteiger partial charge in [-0.2, -0.15) is 0 Å². The maximum absolute atomic E-state index is 13.0. The number of carbonyl (C=O) groups is 1. The molecule has 0 aliphatic carbocycles. The molecular weight excluding hydrogens is 301 g/mol. The Balaban J connectivity index is 2.31. The Kier molecular flexibility index (Phi) is 6.72. The van der Waals surface area contributed by atoms with Crippen molar-refractivity contribution in [1.29, 1.82) is 0 Å². The molecule has 100 valence electrons. The van der Waals surface area contributed by atoms with E-state index < -0.39 is 5.82 Å². The van der Waals surface area contributed by atoms with Crippen LogP contribution in [0.4, 0.5) is 4.39 Å². The molecule has 1 aromatic carbocycles. The van der Waals surface area contributed by atoms with Gasteiger partial charge in [-0.15, -0.1) is 0 Å². The van der Waals surface area contributed by atoms with E-state index >= 15 is 0 Å². The molecule has 5 heteroatoms. The number of halogens is 2. The zero-order chi connectivity index (χ0) is 13.4. The van der Waals surface area contributed by atoms with Crippen LogP contribution >= 0.6 is 15.9 Å². The second-order valence-electron chi connectivity index (χ2n) is 3.92. The summed E-state index contributed by atoms with van der Waals surface area (Å²) in [4.78, 5) is 11.4. The standard InChI is InChI=1S/C13H17BrFNO2/c1-2-3-4-7-16-13(17)9-18-12-8-10(15)5-6-11(12)14/h5-6,8H,2-4,7,9H2,1H3,(H,16,17). The SMILES string of the molecule is CCCCCNC(=O)COc1cc(F)ccc1Br. The van der Waals surface area contributed by atoms with Crippen molar-refractivity contribution in [2.45, 2.75) is 26.2 Å². The molecule has 1 aromatic rings. The fraction of sp³-hybridized carbons (Fsp3) is 0.462. The van der Waals surface area contributed by atoms with Crippen molar-refractivity contribution in [3.05, 3.63) is 28.5 Å². The minimum Gasteiger partial charge on any atom is -0.482 e. The largest absolute Gasteiger partial charge is 0.482 e. The molecular formula is C13H17BrFNO2. The second kappa shape index (κ2) is 8.08. The number of benzene rings is 1. The van der Waals surface area contributed by atoms with Crippen molar-refractivity contribution < 1.29 is 13.9 Å². The Morgan fingerprint density at radius 3 is 2.94 bits per heavy atom. The number of rotatable bonds is 7. The van der Waals surface area contributed by atoms with Crippen LogP contribution < -0.4 is 10.1 Å². The van der Waals surface area contributed by atoms with Crippen LogP contribution in [0.3, 0.4) is 0 Å². The smallest absolute Gasteiger partial charge is 0.257 e. The van der Waals surface area contributed by atoms with Crippen molar-refractivity contribution in [3.8, 4) is 5.75 Å². The molecule has 1 amide bonds. The third-order valence-electron chi connectivity index (χ3n) is 2.35. The van der Waals surface area contributed by atoms with E-state index in [0.717, 1.165) is 19.3 Å². The Labute approximate surface area is 115 Å². The molecule has 0 heterocycles. The number of hydrogen-bond acceptors (Lipinski definition) is 2. The van der Waals surface area contributed by atoms with Gasteiger partial charge < -0.3 is 10.1 Å². The van der Waals surface area contributed by atoms with Gasteiger partial charge in [0.2, 0.25) is 0 Å². The fourth-order valence-corrected chi connectivity index (χ4v) is 1.75. The second-order valence-corrected chi connectivity index (χ2v) is 4.77. The summed E-state index contributed by atoms with van der Waals surface area (Å²) in [6, 6.07) is 4.11. The molecule has 0 saturated carbocycles. The first-order chi connectivity index (χ1) is 8.63. The van der Waals surface area contributed by atoms with E-state index in [2.05, 4.69) is 28.2 Å². The Morgan fingerprint density at radius 2 is 2.22 bits per heavy atom. The Morgan fingerprint density at radius 1 is 1.44 bits per heavy atom. The molecule has 1 N–H and O–H groups in total. The molecule has 0 aliphatic heterocycles. The van der Waals surface area contributed by atoms with Gasteiger partial charge in [-0.05, 0) is 34.5 Å². The van der Waals surface area contributed by atoms with E-state index in [9.17, 15) is 9.18 Å². The highest BCUT2D eigenvalue weighted by atomic mass is 79.9. The predicted molar refractivity (Wildman–Crippen MR) is 72.1 cm³/mol. The quantitative estimate of drug-likeness (QED) is 0.784. The Bertz CT molecular complexity index is 399. The average Bonchev–Trinajstić information content (AvgIpc) is 2.36. The zero-order valence-electron chi connectivity index (χ0n) is 10.3. The van der Waals surface area contributed by atoms with Crippen LogP contribution in [0.25, 0.3) is 0 Å². The van der Waals surface area contributed by atoms with Crippen LogP contribution in [0.5, 0.6) is 5.75 Å².